The van der Waals surface area contributed by atoms with Crippen LogP contribution in [-0.2, 0) is 11.3 Å². The van der Waals surface area contributed by atoms with Crippen molar-refractivity contribution >= 4 is 32.8 Å². The zero-order valence-electron chi connectivity index (χ0n) is 7.14. The van der Waals surface area contributed by atoms with Crippen molar-refractivity contribution in [3.8, 4) is 0 Å². The van der Waals surface area contributed by atoms with Crippen LogP contribution in [0.2, 0.25) is 0 Å². The van der Waals surface area contributed by atoms with Gasteiger partial charge in [0, 0.05) is 16.1 Å². The number of carboxylic acid groups (broad SMARTS) is 1. The van der Waals surface area contributed by atoms with Gasteiger partial charge in [0.2, 0.25) is 0 Å². The minimum absolute atomic E-state index is 0.105. The molecule has 1 N–H and O–H groups in total. The van der Waals surface area contributed by atoms with Crippen molar-refractivity contribution in [2.24, 2.45) is 0 Å². The maximum atomic E-state index is 10.4. The van der Waals surface area contributed by atoms with E-state index in [0.29, 0.717) is 0 Å². The van der Waals surface area contributed by atoms with Crippen LogP contribution >= 0.6 is 15.9 Å². The second-order valence-electron chi connectivity index (χ2n) is 2.92. The predicted octanol–water partition coefficient (Wildman–Crippen LogP) is 1.88. The number of halogens is 1. The maximum absolute atomic E-state index is 10.4. The molecule has 0 saturated carbocycles. The molecular weight excluding hydrogens is 248 g/mol. The number of hydrogen-bond acceptors (Lipinski definition) is 2. The van der Waals surface area contributed by atoms with Gasteiger partial charge in [0.05, 0.1) is 5.52 Å². The number of benzene rings is 1. The zero-order chi connectivity index (χ0) is 10.1. The van der Waals surface area contributed by atoms with E-state index in [2.05, 4.69) is 21.0 Å². The van der Waals surface area contributed by atoms with Gasteiger partial charge >= 0.3 is 5.97 Å². The summed E-state index contributed by atoms with van der Waals surface area (Å²) in [6.07, 6.45) is 1.72. The van der Waals surface area contributed by atoms with Gasteiger partial charge < -0.3 is 5.11 Å². The molecule has 72 valence electrons. The summed E-state index contributed by atoms with van der Waals surface area (Å²) < 4.78 is 2.37. The fraction of sp³-hybridized carbons (Fsp3) is 0.111. The van der Waals surface area contributed by atoms with Gasteiger partial charge in [0.1, 0.15) is 6.54 Å². The molecule has 0 radical (unpaired) electrons. The first-order valence-electron chi connectivity index (χ1n) is 4.00. The Hall–Kier alpha value is -1.36. The Bertz CT molecular complexity index is 493. The molecule has 14 heavy (non-hydrogen) atoms. The Balaban J connectivity index is 2.46. The molecule has 5 heteroatoms. The number of fused-ring (bicyclic) bond motifs is 1. The smallest absolute Gasteiger partial charge is 0.325 e. The van der Waals surface area contributed by atoms with E-state index in [1.54, 1.807) is 6.20 Å². The number of carboxylic acids is 1. The van der Waals surface area contributed by atoms with Gasteiger partial charge in [-0.3, -0.25) is 9.48 Å². The van der Waals surface area contributed by atoms with Crippen molar-refractivity contribution in [1.82, 2.24) is 9.78 Å². The lowest BCUT2D eigenvalue weighted by atomic mass is 10.3. The Morgan fingerprint density at radius 1 is 1.57 bits per heavy atom. The fourth-order valence-electron chi connectivity index (χ4n) is 1.27. The van der Waals surface area contributed by atoms with E-state index in [4.69, 9.17) is 5.11 Å². The molecule has 0 bridgehead atoms. The van der Waals surface area contributed by atoms with Crippen LogP contribution in [0.5, 0.6) is 0 Å². The van der Waals surface area contributed by atoms with E-state index in [0.717, 1.165) is 15.4 Å². The first kappa shape index (κ1) is 9.21. The number of hydrogen-bond donors (Lipinski definition) is 1. The number of rotatable bonds is 2. The lowest BCUT2D eigenvalue weighted by Crippen LogP contribution is -2.08. The third kappa shape index (κ3) is 1.77. The van der Waals surface area contributed by atoms with Crippen molar-refractivity contribution in [1.29, 1.82) is 0 Å². The summed E-state index contributed by atoms with van der Waals surface area (Å²) >= 11 is 3.34. The molecule has 2 rings (SSSR count). The molecule has 1 aromatic carbocycles. The van der Waals surface area contributed by atoms with Gasteiger partial charge in [0.15, 0.2) is 0 Å². The average molecular weight is 255 g/mol. The number of aromatic nitrogens is 2. The summed E-state index contributed by atoms with van der Waals surface area (Å²) in [6, 6.07) is 5.62. The quantitative estimate of drug-likeness (QED) is 0.891. The minimum atomic E-state index is -0.892. The van der Waals surface area contributed by atoms with E-state index >= 15 is 0 Å². The Labute approximate surface area is 88.3 Å². The first-order chi connectivity index (χ1) is 6.65. The summed E-state index contributed by atoms with van der Waals surface area (Å²) in [5.74, 6) is -0.892. The summed E-state index contributed by atoms with van der Waals surface area (Å²) in [4.78, 5) is 10.4. The summed E-state index contributed by atoms with van der Waals surface area (Å²) in [7, 11) is 0. The molecule has 0 fully saturated rings. The molecule has 1 aromatic heterocycles. The molecule has 0 aliphatic rings. The van der Waals surface area contributed by atoms with E-state index in [1.807, 2.05) is 18.2 Å². The fourth-order valence-corrected chi connectivity index (χ4v) is 1.65. The van der Waals surface area contributed by atoms with Crippen LogP contribution in [0.1, 0.15) is 0 Å². The number of aliphatic carboxylic acids is 1. The first-order valence-corrected chi connectivity index (χ1v) is 4.79. The van der Waals surface area contributed by atoms with E-state index in [9.17, 15) is 4.79 Å². The molecule has 0 amide bonds. The summed E-state index contributed by atoms with van der Waals surface area (Å²) in [5, 5.41) is 13.6. The van der Waals surface area contributed by atoms with Crippen LogP contribution in [-0.4, -0.2) is 20.9 Å². The van der Waals surface area contributed by atoms with E-state index < -0.39 is 5.97 Å². The third-order valence-electron chi connectivity index (χ3n) is 1.81. The Kier molecular flexibility index (Phi) is 2.25. The standard InChI is InChI=1S/C9H7BrN2O2/c10-7-1-2-8-6(3-7)4-12(11-8)5-9(13)14/h1-4H,5H2,(H,13,14). The van der Waals surface area contributed by atoms with Crippen LogP contribution < -0.4 is 0 Å². The van der Waals surface area contributed by atoms with Crippen LogP contribution in [0.4, 0.5) is 0 Å². The van der Waals surface area contributed by atoms with E-state index in [1.165, 1.54) is 4.68 Å². The Morgan fingerprint density at radius 2 is 2.36 bits per heavy atom. The average Bonchev–Trinajstić information content (AvgIpc) is 2.44. The molecule has 0 unspecified atom stereocenters. The van der Waals surface area contributed by atoms with Crippen molar-refractivity contribution in [2.75, 3.05) is 0 Å². The van der Waals surface area contributed by atoms with Crippen LogP contribution in [0, 0.1) is 0 Å². The molecule has 0 saturated heterocycles. The Morgan fingerprint density at radius 3 is 3.07 bits per heavy atom. The van der Waals surface area contributed by atoms with Gasteiger partial charge in [0.25, 0.3) is 0 Å². The predicted molar refractivity (Wildman–Crippen MR) is 55.1 cm³/mol. The largest absolute Gasteiger partial charge is 0.480 e. The highest BCUT2D eigenvalue weighted by Gasteiger charge is 2.03. The van der Waals surface area contributed by atoms with Crippen molar-refractivity contribution in [3.63, 3.8) is 0 Å². The maximum Gasteiger partial charge on any atom is 0.325 e. The minimum Gasteiger partial charge on any atom is -0.480 e. The molecule has 0 spiro atoms. The van der Waals surface area contributed by atoms with Gasteiger partial charge in [-0.2, -0.15) is 5.10 Å². The molecular formula is C9H7BrN2O2. The SMILES string of the molecule is O=C(O)Cn1cc2cc(Br)ccc2n1. The van der Waals surface area contributed by atoms with Crippen molar-refractivity contribution in [2.45, 2.75) is 6.54 Å². The summed E-state index contributed by atoms with van der Waals surface area (Å²) in [6.45, 7) is -0.105. The highest BCUT2D eigenvalue weighted by atomic mass is 79.9. The number of nitrogens with zero attached hydrogens (tertiary/aromatic N) is 2. The second-order valence-corrected chi connectivity index (χ2v) is 3.84. The van der Waals surface area contributed by atoms with Gasteiger partial charge in [-0.1, -0.05) is 15.9 Å². The van der Waals surface area contributed by atoms with Crippen molar-refractivity contribution in [3.05, 3.63) is 28.9 Å². The molecule has 4 nitrogen and oxygen atoms in total. The number of carbonyl (C=O) groups is 1. The van der Waals surface area contributed by atoms with Gasteiger partial charge in [-0.05, 0) is 18.2 Å². The molecule has 1 heterocycles. The molecule has 2 aromatic rings. The molecule has 0 aliphatic carbocycles. The third-order valence-corrected chi connectivity index (χ3v) is 2.30. The van der Waals surface area contributed by atoms with Crippen LogP contribution in [0.25, 0.3) is 10.9 Å². The monoisotopic (exact) mass is 254 g/mol. The highest BCUT2D eigenvalue weighted by Crippen LogP contribution is 2.18. The van der Waals surface area contributed by atoms with Crippen LogP contribution in [0.3, 0.4) is 0 Å². The van der Waals surface area contributed by atoms with Gasteiger partial charge in [-0.25, -0.2) is 0 Å². The van der Waals surface area contributed by atoms with E-state index in [-0.39, 0.29) is 6.54 Å². The second kappa shape index (κ2) is 3.42. The normalized spacial score (nSPS) is 10.6. The summed E-state index contributed by atoms with van der Waals surface area (Å²) in [5.41, 5.74) is 0.800. The zero-order valence-corrected chi connectivity index (χ0v) is 8.73. The van der Waals surface area contributed by atoms with Crippen molar-refractivity contribution < 1.29 is 9.90 Å². The molecule has 0 atom stereocenters. The lowest BCUT2D eigenvalue weighted by Gasteiger charge is -1.91. The van der Waals surface area contributed by atoms with Crippen LogP contribution in [0.15, 0.2) is 28.9 Å². The molecule has 0 aliphatic heterocycles. The van der Waals surface area contributed by atoms with Gasteiger partial charge in [-0.15, -0.1) is 0 Å². The highest BCUT2D eigenvalue weighted by molar-refractivity contribution is 9.10. The topological polar surface area (TPSA) is 55.1 Å². The lowest BCUT2D eigenvalue weighted by molar-refractivity contribution is -0.137.